The number of hydrogen-bond acceptors (Lipinski definition) is 2. The number of carbonyl (C=O) groups is 1. The molecule has 1 heterocycles. The van der Waals surface area contributed by atoms with E-state index in [1.807, 2.05) is 13.1 Å². The SMILES string of the molecule is CCCNC(CCC)c1ccc2c(c1)CN(C)C(=O)N2. The molecule has 1 unspecified atom stereocenters. The molecule has 0 spiro atoms. The van der Waals surface area contributed by atoms with Crippen molar-refractivity contribution in [3.63, 3.8) is 0 Å². The minimum Gasteiger partial charge on any atom is -0.323 e. The van der Waals surface area contributed by atoms with E-state index >= 15 is 0 Å². The van der Waals surface area contributed by atoms with Crippen LogP contribution in [0, 0.1) is 0 Å². The first-order valence-corrected chi connectivity index (χ1v) is 7.54. The minimum atomic E-state index is -0.0283. The summed E-state index contributed by atoms with van der Waals surface area (Å²) >= 11 is 0. The highest BCUT2D eigenvalue weighted by molar-refractivity contribution is 5.92. The van der Waals surface area contributed by atoms with Crippen LogP contribution in [0.5, 0.6) is 0 Å². The number of amides is 2. The Morgan fingerprint density at radius 2 is 2.15 bits per heavy atom. The van der Waals surface area contributed by atoms with Gasteiger partial charge in [-0.1, -0.05) is 32.4 Å². The first kappa shape index (κ1) is 14.9. The second kappa shape index (κ2) is 6.75. The molecule has 1 aromatic carbocycles. The molecule has 4 nitrogen and oxygen atoms in total. The van der Waals surface area contributed by atoms with E-state index < -0.39 is 0 Å². The van der Waals surface area contributed by atoms with Gasteiger partial charge in [-0.25, -0.2) is 4.79 Å². The Hall–Kier alpha value is -1.55. The summed E-state index contributed by atoms with van der Waals surface area (Å²) in [6.45, 7) is 6.13. The van der Waals surface area contributed by atoms with E-state index in [4.69, 9.17) is 0 Å². The summed E-state index contributed by atoms with van der Waals surface area (Å²) < 4.78 is 0. The van der Waals surface area contributed by atoms with Gasteiger partial charge in [-0.05, 0) is 36.6 Å². The number of fused-ring (bicyclic) bond motifs is 1. The highest BCUT2D eigenvalue weighted by Gasteiger charge is 2.20. The van der Waals surface area contributed by atoms with Crippen LogP contribution in [0.3, 0.4) is 0 Å². The molecule has 4 heteroatoms. The van der Waals surface area contributed by atoms with Gasteiger partial charge in [0.05, 0.1) is 0 Å². The van der Waals surface area contributed by atoms with Gasteiger partial charge in [0, 0.05) is 25.3 Å². The number of hydrogen-bond donors (Lipinski definition) is 2. The maximum atomic E-state index is 11.6. The van der Waals surface area contributed by atoms with Gasteiger partial charge in [0.25, 0.3) is 0 Å². The molecule has 0 aliphatic carbocycles. The highest BCUT2D eigenvalue weighted by atomic mass is 16.2. The lowest BCUT2D eigenvalue weighted by molar-refractivity contribution is 0.218. The van der Waals surface area contributed by atoms with E-state index in [0.717, 1.165) is 31.5 Å². The second-order valence-electron chi connectivity index (χ2n) is 5.50. The summed E-state index contributed by atoms with van der Waals surface area (Å²) in [5, 5.41) is 6.53. The Morgan fingerprint density at radius 3 is 2.85 bits per heavy atom. The van der Waals surface area contributed by atoms with Crippen molar-refractivity contribution in [1.82, 2.24) is 10.2 Å². The van der Waals surface area contributed by atoms with Crippen molar-refractivity contribution in [2.24, 2.45) is 0 Å². The third-order valence-corrected chi connectivity index (χ3v) is 3.75. The van der Waals surface area contributed by atoms with Crippen LogP contribution in [0.1, 0.15) is 50.3 Å². The normalized spacial score (nSPS) is 15.8. The first-order chi connectivity index (χ1) is 9.65. The van der Waals surface area contributed by atoms with Gasteiger partial charge in [0.2, 0.25) is 0 Å². The quantitative estimate of drug-likeness (QED) is 0.834. The zero-order valence-electron chi connectivity index (χ0n) is 12.7. The van der Waals surface area contributed by atoms with E-state index in [9.17, 15) is 4.79 Å². The molecule has 2 amide bonds. The lowest BCUT2D eigenvalue weighted by Crippen LogP contribution is -2.35. The fourth-order valence-corrected chi connectivity index (χ4v) is 2.61. The number of urea groups is 1. The number of nitrogens with one attached hydrogen (secondary N) is 2. The van der Waals surface area contributed by atoms with E-state index in [2.05, 4.69) is 36.6 Å². The van der Waals surface area contributed by atoms with Crippen molar-refractivity contribution in [3.05, 3.63) is 29.3 Å². The zero-order chi connectivity index (χ0) is 14.5. The molecule has 0 saturated heterocycles. The maximum absolute atomic E-state index is 11.6. The fourth-order valence-electron chi connectivity index (χ4n) is 2.61. The van der Waals surface area contributed by atoms with Crippen LogP contribution in [0.2, 0.25) is 0 Å². The lowest BCUT2D eigenvalue weighted by atomic mass is 9.98. The van der Waals surface area contributed by atoms with Gasteiger partial charge in [-0.2, -0.15) is 0 Å². The fraction of sp³-hybridized carbons (Fsp3) is 0.562. The van der Waals surface area contributed by atoms with Crippen LogP contribution >= 0.6 is 0 Å². The Bertz CT molecular complexity index is 473. The smallest absolute Gasteiger partial charge is 0.321 e. The number of benzene rings is 1. The third kappa shape index (κ3) is 3.31. The largest absolute Gasteiger partial charge is 0.323 e. The van der Waals surface area contributed by atoms with Crippen LogP contribution in [0.25, 0.3) is 0 Å². The van der Waals surface area contributed by atoms with Crippen LogP contribution in [-0.4, -0.2) is 24.5 Å². The maximum Gasteiger partial charge on any atom is 0.321 e. The minimum absolute atomic E-state index is 0.0283. The average Bonchev–Trinajstić information content (AvgIpc) is 2.44. The molecule has 1 atom stereocenters. The molecule has 1 aliphatic heterocycles. The Morgan fingerprint density at radius 1 is 1.35 bits per heavy atom. The van der Waals surface area contributed by atoms with Crippen molar-refractivity contribution in [2.75, 3.05) is 18.9 Å². The summed E-state index contributed by atoms with van der Waals surface area (Å²) in [5.74, 6) is 0. The summed E-state index contributed by atoms with van der Waals surface area (Å²) in [5.41, 5.74) is 3.47. The number of anilines is 1. The van der Waals surface area contributed by atoms with Gasteiger partial charge < -0.3 is 15.5 Å². The summed E-state index contributed by atoms with van der Waals surface area (Å²) in [6.07, 6.45) is 3.44. The predicted octanol–water partition coefficient (Wildman–Crippen LogP) is 3.50. The zero-order valence-corrected chi connectivity index (χ0v) is 12.7. The molecule has 2 rings (SSSR count). The summed E-state index contributed by atoms with van der Waals surface area (Å²) in [7, 11) is 1.82. The Labute approximate surface area is 121 Å². The molecule has 0 fully saturated rings. The third-order valence-electron chi connectivity index (χ3n) is 3.75. The van der Waals surface area contributed by atoms with E-state index in [0.29, 0.717) is 12.6 Å². The number of rotatable bonds is 6. The van der Waals surface area contributed by atoms with Gasteiger partial charge in [-0.3, -0.25) is 0 Å². The average molecular weight is 275 g/mol. The molecule has 0 aromatic heterocycles. The number of carbonyl (C=O) groups excluding carboxylic acids is 1. The second-order valence-corrected chi connectivity index (χ2v) is 5.50. The molecule has 0 saturated carbocycles. The molecule has 1 aliphatic rings. The van der Waals surface area contributed by atoms with E-state index in [-0.39, 0.29) is 6.03 Å². The standard InChI is InChI=1S/C16H25N3O/c1-4-6-14(17-9-5-2)12-7-8-15-13(10-12)11-19(3)16(20)18-15/h7-8,10,14,17H,4-6,9,11H2,1-3H3,(H,18,20). The topological polar surface area (TPSA) is 44.4 Å². The number of nitrogens with zero attached hydrogens (tertiary/aromatic N) is 1. The van der Waals surface area contributed by atoms with Crippen molar-refractivity contribution in [3.8, 4) is 0 Å². The molecule has 0 radical (unpaired) electrons. The van der Waals surface area contributed by atoms with Gasteiger partial charge >= 0.3 is 6.03 Å². The van der Waals surface area contributed by atoms with Crippen molar-refractivity contribution in [2.45, 2.75) is 45.7 Å². The van der Waals surface area contributed by atoms with E-state index in [1.54, 1.807) is 4.90 Å². The van der Waals surface area contributed by atoms with Crippen molar-refractivity contribution in [1.29, 1.82) is 0 Å². The van der Waals surface area contributed by atoms with Gasteiger partial charge in [0.15, 0.2) is 0 Å². The molecule has 110 valence electrons. The summed E-state index contributed by atoms with van der Waals surface area (Å²) in [6, 6.07) is 6.78. The first-order valence-electron chi connectivity index (χ1n) is 7.54. The molecular formula is C16H25N3O. The highest BCUT2D eigenvalue weighted by Crippen LogP contribution is 2.27. The van der Waals surface area contributed by atoms with Crippen LogP contribution in [0.4, 0.5) is 10.5 Å². The summed E-state index contributed by atoms with van der Waals surface area (Å²) in [4.78, 5) is 13.3. The van der Waals surface area contributed by atoms with Gasteiger partial charge in [-0.15, -0.1) is 0 Å². The molecule has 20 heavy (non-hydrogen) atoms. The van der Waals surface area contributed by atoms with E-state index in [1.165, 1.54) is 11.1 Å². The Balaban J connectivity index is 2.20. The van der Waals surface area contributed by atoms with Crippen molar-refractivity contribution >= 4 is 11.7 Å². The molecular weight excluding hydrogens is 250 g/mol. The molecule has 1 aromatic rings. The lowest BCUT2D eigenvalue weighted by Gasteiger charge is -2.27. The van der Waals surface area contributed by atoms with Crippen LogP contribution in [-0.2, 0) is 6.54 Å². The predicted molar refractivity (Wildman–Crippen MR) is 82.9 cm³/mol. The molecule has 0 bridgehead atoms. The van der Waals surface area contributed by atoms with Gasteiger partial charge in [0.1, 0.15) is 0 Å². The molecule has 2 N–H and O–H groups in total. The van der Waals surface area contributed by atoms with Crippen LogP contribution in [0.15, 0.2) is 18.2 Å². The van der Waals surface area contributed by atoms with Crippen LogP contribution < -0.4 is 10.6 Å². The Kier molecular flexibility index (Phi) is 5.01. The monoisotopic (exact) mass is 275 g/mol. The van der Waals surface area contributed by atoms with Crippen molar-refractivity contribution < 1.29 is 4.79 Å².